The molecular weight excluding hydrogens is 336 g/mol. The van der Waals surface area contributed by atoms with Gasteiger partial charge >= 0.3 is 11.9 Å². The van der Waals surface area contributed by atoms with E-state index in [-0.39, 0.29) is 0 Å². The third kappa shape index (κ3) is 2.50. The third-order valence-electron chi connectivity index (χ3n) is 4.89. The van der Waals surface area contributed by atoms with Gasteiger partial charge in [0.2, 0.25) is 0 Å². The van der Waals surface area contributed by atoms with E-state index in [1.54, 1.807) is 12.1 Å². The van der Waals surface area contributed by atoms with E-state index in [2.05, 4.69) is 0 Å². The predicted molar refractivity (Wildman–Crippen MR) is 91.5 cm³/mol. The van der Waals surface area contributed by atoms with Crippen LogP contribution in [0.4, 0.5) is 0 Å². The maximum atomic E-state index is 12.4. The molecule has 4 rings (SSSR count). The number of carbonyl (C=O) groups excluding carboxylic acids is 2. The van der Waals surface area contributed by atoms with Crippen molar-refractivity contribution < 1.29 is 28.5 Å². The Balaban J connectivity index is 2.08. The van der Waals surface area contributed by atoms with Gasteiger partial charge in [-0.15, -0.1) is 0 Å². The normalized spacial score (nSPS) is 14.7. The highest BCUT2D eigenvalue weighted by atomic mass is 16.5. The molecule has 0 saturated heterocycles. The minimum absolute atomic E-state index is 0.376. The minimum Gasteiger partial charge on any atom is -0.465 e. The van der Waals surface area contributed by atoms with Crippen LogP contribution in [0.1, 0.15) is 43.0 Å². The summed E-state index contributed by atoms with van der Waals surface area (Å²) in [6.45, 7) is 1.70. The molecule has 0 radical (unpaired) electrons. The lowest BCUT2D eigenvalue weighted by molar-refractivity contribution is 0.0589. The van der Waals surface area contributed by atoms with Gasteiger partial charge < -0.3 is 18.9 Å². The first-order chi connectivity index (χ1) is 12.7. The lowest BCUT2D eigenvalue weighted by Crippen LogP contribution is -2.11. The topological polar surface area (TPSA) is 71.1 Å². The number of benzene rings is 2. The molecule has 0 bridgehead atoms. The van der Waals surface area contributed by atoms with E-state index in [9.17, 15) is 9.59 Å². The molecule has 0 atom stereocenters. The minimum atomic E-state index is -0.456. The molecule has 2 heterocycles. The Labute approximate surface area is 150 Å². The van der Waals surface area contributed by atoms with E-state index in [1.807, 2.05) is 12.1 Å². The van der Waals surface area contributed by atoms with E-state index in [4.69, 9.17) is 18.9 Å². The predicted octanol–water partition coefficient (Wildman–Crippen LogP) is 2.99. The summed E-state index contributed by atoms with van der Waals surface area (Å²) in [4.78, 5) is 24.9. The van der Waals surface area contributed by atoms with Gasteiger partial charge in [0.05, 0.1) is 51.8 Å². The van der Waals surface area contributed by atoms with Gasteiger partial charge in [0.15, 0.2) is 0 Å². The fraction of sp³-hybridized carbons (Fsp3) is 0.300. The highest BCUT2D eigenvalue weighted by Crippen LogP contribution is 2.41. The molecule has 2 aliphatic heterocycles. The average molecular weight is 354 g/mol. The van der Waals surface area contributed by atoms with Crippen LogP contribution < -0.4 is 0 Å². The van der Waals surface area contributed by atoms with Gasteiger partial charge in [-0.2, -0.15) is 0 Å². The molecule has 134 valence electrons. The summed E-state index contributed by atoms with van der Waals surface area (Å²) in [5, 5.41) is 0. The number of rotatable bonds is 3. The Morgan fingerprint density at radius 1 is 0.731 bits per heavy atom. The summed E-state index contributed by atoms with van der Waals surface area (Å²) < 4.78 is 21.1. The molecule has 26 heavy (non-hydrogen) atoms. The summed E-state index contributed by atoms with van der Waals surface area (Å²) in [7, 11) is 2.69. The van der Waals surface area contributed by atoms with Crippen LogP contribution in [0.3, 0.4) is 0 Å². The van der Waals surface area contributed by atoms with Crippen molar-refractivity contribution in [1.29, 1.82) is 0 Å². The van der Waals surface area contributed by atoms with Crippen molar-refractivity contribution >= 4 is 11.9 Å². The summed E-state index contributed by atoms with van der Waals surface area (Å²) in [6, 6.07) is 7.20. The van der Waals surface area contributed by atoms with Gasteiger partial charge in [-0.05, 0) is 34.4 Å². The molecule has 0 spiro atoms. The van der Waals surface area contributed by atoms with Gasteiger partial charge in [0.1, 0.15) is 0 Å². The number of hydrogen-bond donors (Lipinski definition) is 0. The quantitative estimate of drug-likeness (QED) is 0.789. The zero-order chi connectivity index (χ0) is 18.3. The molecule has 2 aliphatic rings. The summed E-state index contributed by atoms with van der Waals surface area (Å²) in [6.07, 6.45) is 0. The average Bonchev–Trinajstić information content (AvgIpc) is 3.34. The molecule has 0 aliphatic carbocycles. The Kier molecular flexibility index (Phi) is 4.22. The molecule has 2 aromatic rings. The Morgan fingerprint density at radius 2 is 1.15 bits per heavy atom. The van der Waals surface area contributed by atoms with Crippen LogP contribution in [0.2, 0.25) is 0 Å². The van der Waals surface area contributed by atoms with Crippen molar-refractivity contribution in [1.82, 2.24) is 0 Å². The fourth-order valence-electron chi connectivity index (χ4n) is 3.64. The van der Waals surface area contributed by atoms with E-state index in [1.165, 1.54) is 14.2 Å². The molecule has 0 unspecified atom stereocenters. The molecule has 0 saturated carbocycles. The molecule has 2 aromatic carbocycles. The van der Waals surface area contributed by atoms with Crippen molar-refractivity contribution in [2.75, 3.05) is 14.2 Å². The van der Waals surface area contributed by atoms with Crippen LogP contribution in [0.5, 0.6) is 0 Å². The van der Waals surface area contributed by atoms with Gasteiger partial charge in [0.25, 0.3) is 0 Å². The first kappa shape index (κ1) is 16.8. The molecule has 0 N–H and O–H groups in total. The molecule has 0 amide bonds. The molecular formula is C20H18O6. The Bertz CT molecular complexity index is 840. The second-order valence-corrected chi connectivity index (χ2v) is 6.22. The van der Waals surface area contributed by atoms with Crippen molar-refractivity contribution in [3.8, 4) is 11.1 Å². The van der Waals surface area contributed by atoms with E-state index in [0.29, 0.717) is 48.7 Å². The number of hydrogen-bond acceptors (Lipinski definition) is 6. The number of esters is 2. The largest absolute Gasteiger partial charge is 0.465 e. The highest BCUT2D eigenvalue weighted by Gasteiger charge is 2.30. The monoisotopic (exact) mass is 354 g/mol. The summed E-state index contributed by atoms with van der Waals surface area (Å²) >= 11 is 0. The van der Waals surface area contributed by atoms with Crippen LogP contribution in [-0.2, 0) is 45.4 Å². The SMILES string of the molecule is COC(=O)c1ccc2c(c1-c1c(C(=O)OC)ccc3c1COC3)COC2. The van der Waals surface area contributed by atoms with Crippen LogP contribution in [0.15, 0.2) is 24.3 Å². The van der Waals surface area contributed by atoms with Gasteiger partial charge in [-0.3, -0.25) is 0 Å². The number of carbonyl (C=O) groups is 2. The van der Waals surface area contributed by atoms with Crippen molar-refractivity contribution in [3.63, 3.8) is 0 Å². The Morgan fingerprint density at radius 3 is 1.54 bits per heavy atom. The number of ether oxygens (including phenoxy) is 4. The molecule has 0 fully saturated rings. The first-order valence-electron chi connectivity index (χ1n) is 8.27. The molecule has 6 heteroatoms. The first-order valence-corrected chi connectivity index (χ1v) is 8.27. The van der Waals surface area contributed by atoms with Gasteiger partial charge in [-0.25, -0.2) is 9.59 Å². The standard InChI is InChI=1S/C20H18O6/c1-23-19(21)13-5-3-11-7-25-9-15(11)17(13)18-14(20(22)24-2)6-4-12-8-26-10-16(12)18/h3-6H,7-10H2,1-2H3. The summed E-state index contributed by atoms with van der Waals surface area (Å²) in [5.74, 6) is -0.913. The van der Waals surface area contributed by atoms with E-state index >= 15 is 0 Å². The smallest absolute Gasteiger partial charge is 0.338 e. The second-order valence-electron chi connectivity index (χ2n) is 6.22. The lowest BCUT2D eigenvalue weighted by atomic mass is 9.85. The van der Waals surface area contributed by atoms with E-state index in [0.717, 1.165) is 22.3 Å². The Hall–Kier alpha value is -2.70. The second kappa shape index (κ2) is 6.55. The van der Waals surface area contributed by atoms with Crippen molar-refractivity contribution in [2.24, 2.45) is 0 Å². The lowest BCUT2D eigenvalue weighted by Gasteiger charge is -2.18. The van der Waals surface area contributed by atoms with E-state index < -0.39 is 11.9 Å². The third-order valence-corrected chi connectivity index (χ3v) is 4.89. The summed E-state index contributed by atoms with van der Waals surface area (Å²) in [5.41, 5.74) is 5.96. The maximum Gasteiger partial charge on any atom is 0.338 e. The van der Waals surface area contributed by atoms with Crippen molar-refractivity contribution in [2.45, 2.75) is 26.4 Å². The van der Waals surface area contributed by atoms with Crippen molar-refractivity contribution in [3.05, 3.63) is 57.6 Å². The maximum absolute atomic E-state index is 12.4. The van der Waals surface area contributed by atoms with Crippen LogP contribution in [0.25, 0.3) is 11.1 Å². The van der Waals surface area contributed by atoms with Gasteiger partial charge in [-0.1, -0.05) is 12.1 Å². The fourth-order valence-corrected chi connectivity index (χ4v) is 3.64. The van der Waals surface area contributed by atoms with Gasteiger partial charge in [0, 0.05) is 11.1 Å². The number of fused-ring (bicyclic) bond motifs is 2. The van der Waals surface area contributed by atoms with Crippen LogP contribution in [0, 0.1) is 0 Å². The van der Waals surface area contributed by atoms with Crippen LogP contribution >= 0.6 is 0 Å². The highest BCUT2D eigenvalue weighted by molar-refractivity contribution is 6.05. The zero-order valence-electron chi connectivity index (χ0n) is 14.6. The molecule has 6 nitrogen and oxygen atoms in total. The van der Waals surface area contributed by atoms with Crippen LogP contribution in [-0.4, -0.2) is 26.2 Å². The number of methoxy groups -OCH3 is 2. The molecule has 0 aromatic heterocycles. The zero-order valence-corrected chi connectivity index (χ0v) is 14.6.